The van der Waals surface area contributed by atoms with Gasteiger partial charge in [0.2, 0.25) is 0 Å². The highest BCUT2D eigenvalue weighted by atomic mass is 16.5. The summed E-state index contributed by atoms with van der Waals surface area (Å²) >= 11 is 0. The van der Waals surface area contributed by atoms with Crippen LogP contribution in [0, 0.1) is 0 Å². The van der Waals surface area contributed by atoms with Gasteiger partial charge < -0.3 is 14.8 Å². The summed E-state index contributed by atoms with van der Waals surface area (Å²) in [6, 6.07) is 5.88. The number of rotatable bonds is 6. The van der Waals surface area contributed by atoms with Crippen LogP contribution in [0.3, 0.4) is 0 Å². The summed E-state index contributed by atoms with van der Waals surface area (Å²) in [7, 11) is 3.22. The quantitative estimate of drug-likeness (QED) is 0.854. The molecule has 0 aliphatic carbocycles. The van der Waals surface area contributed by atoms with Crippen molar-refractivity contribution in [2.24, 2.45) is 0 Å². The van der Waals surface area contributed by atoms with Gasteiger partial charge in [0.25, 0.3) is 0 Å². The SMILES string of the molecule is COc1cc(OC)cc(-n2nnnc2CNC(C)C)c1. The molecule has 0 fully saturated rings. The van der Waals surface area contributed by atoms with Crippen LogP contribution in [-0.4, -0.2) is 40.5 Å². The van der Waals surface area contributed by atoms with Crippen LogP contribution in [-0.2, 0) is 6.54 Å². The fourth-order valence-corrected chi connectivity index (χ4v) is 1.73. The average Bonchev–Trinajstić information content (AvgIpc) is 2.92. The summed E-state index contributed by atoms with van der Waals surface area (Å²) < 4.78 is 12.2. The van der Waals surface area contributed by atoms with Gasteiger partial charge in [0.15, 0.2) is 5.82 Å². The number of ether oxygens (including phenoxy) is 2. The molecule has 1 heterocycles. The number of benzene rings is 1. The number of aromatic nitrogens is 4. The Morgan fingerprint density at radius 1 is 1.15 bits per heavy atom. The lowest BCUT2D eigenvalue weighted by Gasteiger charge is -2.11. The van der Waals surface area contributed by atoms with Crippen molar-refractivity contribution in [1.29, 1.82) is 0 Å². The molecular weight excluding hydrogens is 258 g/mol. The van der Waals surface area contributed by atoms with Gasteiger partial charge in [-0.3, -0.25) is 0 Å². The van der Waals surface area contributed by atoms with Crippen LogP contribution in [0.15, 0.2) is 18.2 Å². The Kier molecular flexibility index (Phi) is 4.52. The zero-order valence-corrected chi connectivity index (χ0v) is 12.1. The molecule has 0 saturated carbocycles. The van der Waals surface area contributed by atoms with E-state index in [-0.39, 0.29) is 0 Å². The normalized spacial score (nSPS) is 10.8. The summed E-state index contributed by atoms with van der Waals surface area (Å²) in [5.41, 5.74) is 0.798. The molecule has 108 valence electrons. The van der Waals surface area contributed by atoms with Crippen molar-refractivity contribution in [2.75, 3.05) is 14.2 Å². The van der Waals surface area contributed by atoms with Crippen molar-refractivity contribution in [2.45, 2.75) is 26.4 Å². The summed E-state index contributed by atoms with van der Waals surface area (Å²) in [5, 5.41) is 15.1. The molecule has 0 aliphatic heterocycles. The minimum atomic E-state index is 0.361. The van der Waals surface area contributed by atoms with Crippen molar-refractivity contribution < 1.29 is 9.47 Å². The lowest BCUT2D eigenvalue weighted by molar-refractivity contribution is 0.393. The molecule has 7 nitrogen and oxygen atoms in total. The first-order valence-electron chi connectivity index (χ1n) is 6.38. The Morgan fingerprint density at radius 3 is 2.35 bits per heavy atom. The first-order chi connectivity index (χ1) is 9.63. The Balaban J connectivity index is 2.33. The van der Waals surface area contributed by atoms with E-state index >= 15 is 0 Å². The zero-order chi connectivity index (χ0) is 14.5. The van der Waals surface area contributed by atoms with Crippen LogP contribution in [0.1, 0.15) is 19.7 Å². The van der Waals surface area contributed by atoms with Crippen molar-refractivity contribution >= 4 is 0 Å². The van der Waals surface area contributed by atoms with E-state index in [4.69, 9.17) is 9.47 Å². The number of methoxy groups -OCH3 is 2. The Labute approximate surface area is 117 Å². The molecule has 1 aromatic heterocycles. The molecule has 1 N–H and O–H groups in total. The molecule has 1 aromatic carbocycles. The molecule has 0 bridgehead atoms. The lowest BCUT2D eigenvalue weighted by Crippen LogP contribution is -2.24. The summed E-state index contributed by atoms with van der Waals surface area (Å²) in [6.07, 6.45) is 0. The maximum atomic E-state index is 5.26. The molecule has 0 spiro atoms. The Bertz CT molecular complexity index is 545. The topological polar surface area (TPSA) is 74.1 Å². The molecule has 20 heavy (non-hydrogen) atoms. The lowest BCUT2D eigenvalue weighted by atomic mass is 10.2. The molecule has 2 aromatic rings. The third kappa shape index (κ3) is 3.24. The minimum absolute atomic E-state index is 0.361. The van der Waals surface area contributed by atoms with E-state index in [2.05, 4.69) is 34.7 Å². The van der Waals surface area contributed by atoms with Gasteiger partial charge in [0.1, 0.15) is 11.5 Å². The predicted molar refractivity (Wildman–Crippen MR) is 74.2 cm³/mol. The monoisotopic (exact) mass is 277 g/mol. The summed E-state index contributed by atoms with van der Waals surface area (Å²) in [6.45, 7) is 4.73. The maximum absolute atomic E-state index is 5.26. The molecule has 2 rings (SSSR count). The Morgan fingerprint density at radius 2 is 1.80 bits per heavy atom. The van der Waals surface area contributed by atoms with Crippen molar-refractivity contribution in [3.05, 3.63) is 24.0 Å². The molecule has 7 heteroatoms. The fourth-order valence-electron chi connectivity index (χ4n) is 1.73. The van der Waals surface area contributed by atoms with E-state index in [0.29, 0.717) is 24.1 Å². The third-order valence-electron chi connectivity index (χ3n) is 2.78. The molecule has 0 radical (unpaired) electrons. The molecule has 0 atom stereocenters. The van der Waals surface area contributed by atoms with Crippen molar-refractivity contribution in [3.8, 4) is 17.2 Å². The number of hydrogen-bond donors (Lipinski definition) is 1. The van der Waals surface area contributed by atoms with Crippen LogP contribution in [0.25, 0.3) is 5.69 Å². The second-order valence-corrected chi connectivity index (χ2v) is 4.61. The largest absolute Gasteiger partial charge is 0.497 e. The molecule has 0 unspecified atom stereocenters. The van der Waals surface area contributed by atoms with Gasteiger partial charge in [0.05, 0.1) is 26.5 Å². The highest BCUT2D eigenvalue weighted by Gasteiger charge is 2.11. The summed E-state index contributed by atoms with van der Waals surface area (Å²) in [4.78, 5) is 0. The van der Waals surface area contributed by atoms with Crippen LogP contribution in [0.5, 0.6) is 11.5 Å². The number of tetrazole rings is 1. The van der Waals surface area contributed by atoms with Crippen LogP contribution >= 0.6 is 0 Å². The van der Waals surface area contributed by atoms with E-state index in [1.807, 2.05) is 12.1 Å². The smallest absolute Gasteiger partial charge is 0.170 e. The molecule has 0 saturated heterocycles. The van der Waals surface area contributed by atoms with Crippen LogP contribution in [0.2, 0.25) is 0 Å². The van der Waals surface area contributed by atoms with Crippen LogP contribution in [0.4, 0.5) is 0 Å². The third-order valence-corrected chi connectivity index (χ3v) is 2.78. The number of hydrogen-bond acceptors (Lipinski definition) is 6. The number of nitrogens with one attached hydrogen (secondary N) is 1. The van der Waals surface area contributed by atoms with Gasteiger partial charge in [-0.1, -0.05) is 13.8 Å². The van der Waals surface area contributed by atoms with Gasteiger partial charge in [0, 0.05) is 24.2 Å². The van der Waals surface area contributed by atoms with E-state index in [9.17, 15) is 0 Å². The molecule has 0 amide bonds. The van der Waals surface area contributed by atoms with E-state index in [1.165, 1.54) is 0 Å². The summed E-state index contributed by atoms with van der Waals surface area (Å²) in [5.74, 6) is 2.12. The van der Waals surface area contributed by atoms with Crippen molar-refractivity contribution in [3.63, 3.8) is 0 Å². The minimum Gasteiger partial charge on any atom is -0.497 e. The van der Waals surface area contributed by atoms with Gasteiger partial charge >= 0.3 is 0 Å². The van der Waals surface area contributed by atoms with Gasteiger partial charge in [-0.05, 0) is 10.4 Å². The Hall–Kier alpha value is -2.15. The van der Waals surface area contributed by atoms with E-state index in [0.717, 1.165) is 11.5 Å². The highest BCUT2D eigenvalue weighted by Crippen LogP contribution is 2.24. The predicted octanol–water partition coefficient (Wildman–Crippen LogP) is 1.18. The molecular formula is C13H19N5O2. The van der Waals surface area contributed by atoms with Gasteiger partial charge in [-0.15, -0.1) is 5.10 Å². The van der Waals surface area contributed by atoms with Gasteiger partial charge in [-0.25, -0.2) is 0 Å². The van der Waals surface area contributed by atoms with E-state index < -0.39 is 0 Å². The van der Waals surface area contributed by atoms with Crippen LogP contribution < -0.4 is 14.8 Å². The second kappa shape index (κ2) is 6.33. The van der Waals surface area contributed by atoms with E-state index in [1.54, 1.807) is 25.0 Å². The zero-order valence-electron chi connectivity index (χ0n) is 12.1. The van der Waals surface area contributed by atoms with Gasteiger partial charge in [-0.2, -0.15) is 4.68 Å². The maximum Gasteiger partial charge on any atom is 0.170 e. The molecule has 0 aliphatic rings. The fraction of sp³-hybridized carbons (Fsp3) is 0.462. The van der Waals surface area contributed by atoms with Crippen molar-refractivity contribution in [1.82, 2.24) is 25.5 Å². The number of nitrogens with zero attached hydrogens (tertiary/aromatic N) is 4. The first-order valence-corrected chi connectivity index (χ1v) is 6.38. The average molecular weight is 277 g/mol. The standard InChI is InChI=1S/C13H19N5O2/c1-9(2)14-8-13-15-16-17-18(13)10-5-11(19-3)7-12(6-10)20-4/h5-7,9,14H,8H2,1-4H3. The first kappa shape index (κ1) is 14.3. The second-order valence-electron chi connectivity index (χ2n) is 4.61. The highest BCUT2D eigenvalue weighted by molar-refractivity contribution is 5.46.